The van der Waals surface area contributed by atoms with E-state index in [9.17, 15) is 0 Å². The zero-order chi connectivity index (χ0) is 16.3. The zero-order valence-corrected chi connectivity index (χ0v) is 19.3. The zero-order valence-electron chi connectivity index (χ0n) is 15.3. The first-order valence-corrected chi connectivity index (χ1v) is 9.33. The van der Waals surface area contributed by atoms with Gasteiger partial charge in [0.2, 0.25) is 0 Å². The van der Waals surface area contributed by atoms with E-state index < -0.39 is 0 Å². The molecule has 0 nitrogen and oxygen atoms in total. The molecular weight excluding hydrogens is 414 g/mol. The van der Waals surface area contributed by atoms with Crippen LogP contribution in [0.2, 0.25) is 0 Å². The third-order valence-electron chi connectivity index (χ3n) is 4.75. The normalized spacial score (nSPS) is 12.8. The second-order valence-corrected chi connectivity index (χ2v) is 9.92. The van der Waals surface area contributed by atoms with Gasteiger partial charge in [-0.25, -0.2) is 0 Å². The van der Waals surface area contributed by atoms with Crippen molar-refractivity contribution < 1.29 is 49.5 Å². The van der Waals surface area contributed by atoms with E-state index in [0.29, 0.717) is 0 Å². The Morgan fingerprint density at radius 1 is 0.750 bits per heavy atom. The van der Waals surface area contributed by atoms with Crippen LogP contribution >= 0.6 is 0 Å². The van der Waals surface area contributed by atoms with E-state index in [-0.39, 0.29) is 35.6 Å². The maximum absolute atomic E-state index is 2.45. The molecule has 0 fully saturated rings. The minimum atomic E-state index is 0. The van der Waals surface area contributed by atoms with E-state index in [4.69, 9.17) is 0 Å². The number of rotatable bonds is 0. The standard InChI is InChI=1S/C21H25.2ClH.Zr/c1-20(2,3)16-9-7-14-11-15-8-10-17(21(4,5)6)13-19(15)18(14)12-16;;;/h7,9-10,12-13H,11H2,1-6H3;2*1H;/q;;;+2/p-2. The molecule has 0 saturated carbocycles. The summed E-state index contributed by atoms with van der Waals surface area (Å²) in [6.45, 7) is 13.8. The van der Waals surface area contributed by atoms with Crippen molar-refractivity contribution in [1.29, 1.82) is 0 Å². The molecule has 3 rings (SSSR count). The van der Waals surface area contributed by atoms with Crippen LogP contribution in [0, 0.1) is 0 Å². The fraction of sp³-hybridized carbons (Fsp3) is 0.429. The first-order valence-electron chi connectivity index (χ1n) is 8.10. The second kappa shape index (κ2) is 7.26. The van der Waals surface area contributed by atoms with Gasteiger partial charge in [0.05, 0.1) is 0 Å². The predicted molar refractivity (Wildman–Crippen MR) is 91.7 cm³/mol. The first kappa shape index (κ1) is 21.9. The summed E-state index contributed by atoms with van der Waals surface area (Å²) in [4.78, 5) is 0. The van der Waals surface area contributed by atoms with Gasteiger partial charge in [0.25, 0.3) is 0 Å². The van der Waals surface area contributed by atoms with Crippen molar-refractivity contribution in [3.05, 3.63) is 52.6 Å². The van der Waals surface area contributed by atoms with Crippen LogP contribution in [0.1, 0.15) is 63.8 Å². The number of fused-ring (bicyclic) bond motifs is 3. The third-order valence-corrected chi connectivity index (χ3v) is 5.85. The minimum Gasteiger partial charge on any atom is -1.00 e. The van der Waals surface area contributed by atoms with Crippen LogP contribution in [0.15, 0.2) is 30.3 Å². The van der Waals surface area contributed by atoms with Crippen molar-refractivity contribution in [2.24, 2.45) is 0 Å². The topological polar surface area (TPSA) is 0 Å². The molecule has 2 aromatic rings. The number of hydrogen-bond donors (Lipinski definition) is 0. The Morgan fingerprint density at radius 3 is 1.83 bits per heavy atom. The van der Waals surface area contributed by atoms with Crippen molar-refractivity contribution in [3.63, 3.8) is 0 Å². The molecule has 0 spiro atoms. The molecule has 0 bridgehead atoms. The summed E-state index contributed by atoms with van der Waals surface area (Å²) in [5.41, 5.74) is 9.34. The molecule has 24 heavy (non-hydrogen) atoms. The molecule has 2 aromatic carbocycles. The Hall–Kier alpha value is -0.0969. The number of benzene rings is 2. The Kier molecular flexibility index (Phi) is 6.64. The number of halogens is 2. The van der Waals surface area contributed by atoms with Gasteiger partial charge in [-0.3, -0.25) is 0 Å². The molecular formula is C21H25Cl2Zr. The maximum atomic E-state index is 2.45. The van der Waals surface area contributed by atoms with E-state index >= 15 is 0 Å². The molecule has 0 aliphatic heterocycles. The van der Waals surface area contributed by atoms with Crippen molar-refractivity contribution in [3.8, 4) is 11.1 Å². The van der Waals surface area contributed by atoms with Gasteiger partial charge < -0.3 is 24.8 Å². The van der Waals surface area contributed by atoms with Gasteiger partial charge in [-0.05, 0) is 0 Å². The molecule has 0 atom stereocenters. The largest absolute Gasteiger partial charge is 1.00 e. The molecule has 1 aliphatic rings. The fourth-order valence-electron chi connectivity index (χ4n) is 3.17. The Bertz CT molecular complexity index is 750. The van der Waals surface area contributed by atoms with Crippen LogP contribution in [0.25, 0.3) is 11.1 Å². The second-order valence-electron chi connectivity index (χ2n) is 8.60. The first-order chi connectivity index (χ1) is 10.1. The van der Waals surface area contributed by atoms with Crippen LogP contribution in [0.3, 0.4) is 0 Å². The van der Waals surface area contributed by atoms with Gasteiger partial charge in [0, 0.05) is 0 Å². The Balaban J connectivity index is 0.00000144. The van der Waals surface area contributed by atoms with E-state index in [2.05, 4.69) is 71.9 Å². The van der Waals surface area contributed by atoms with Gasteiger partial charge in [-0.1, -0.05) is 0 Å². The molecule has 0 saturated heterocycles. The van der Waals surface area contributed by atoms with Crippen LogP contribution in [0.4, 0.5) is 0 Å². The van der Waals surface area contributed by atoms with Crippen molar-refractivity contribution >= 4 is 3.27 Å². The summed E-state index contributed by atoms with van der Waals surface area (Å²) < 4.78 is 1.53. The molecule has 0 N–H and O–H groups in total. The van der Waals surface area contributed by atoms with E-state index in [1.54, 1.807) is 5.56 Å². The van der Waals surface area contributed by atoms with Crippen molar-refractivity contribution in [2.75, 3.05) is 0 Å². The summed E-state index contributed by atoms with van der Waals surface area (Å²) in [7, 11) is 0. The third kappa shape index (κ3) is 4.00. The smallest absolute Gasteiger partial charge is 1.00 e. The van der Waals surface area contributed by atoms with Gasteiger partial charge >= 0.3 is 150 Å². The van der Waals surface area contributed by atoms with E-state index in [1.807, 2.05) is 0 Å². The molecule has 0 aromatic heterocycles. The van der Waals surface area contributed by atoms with Crippen LogP contribution in [0.5, 0.6) is 0 Å². The molecule has 127 valence electrons. The number of hydrogen-bond acceptors (Lipinski definition) is 0. The SMILES string of the molecule is CC(C)(C)c1ccc2c(c1)-c1cc(C(C)(C)C)c[c]([Zr+2])c1C2.[Cl-].[Cl-]. The van der Waals surface area contributed by atoms with Crippen molar-refractivity contribution in [2.45, 2.75) is 58.8 Å². The summed E-state index contributed by atoms with van der Waals surface area (Å²) >= 11 is 1.53. The van der Waals surface area contributed by atoms with Crippen LogP contribution in [-0.4, -0.2) is 0 Å². The van der Waals surface area contributed by atoms with Gasteiger partial charge in [0.1, 0.15) is 0 Å². The Labute approximate surface area is 174 Å². The summed E-state index contributed by atoms with van der Waals surface area (Å²) in [5, 5.41) is 0. The molecule has 0 amide bonds. The maximum Gasteiger partial charge on any atom is -1.00 e. The van der Waals surface area contributed by atoms with E-state index in [0.717, 1.165) is 6.42 Å². The average molecular weight is 440 g/mol. The monoisotopic (exact) mass is 437 g/mol. The summed E-state index contributed by atoms with van der Waals surface area (Å²) in [5.74, 6) is 0. The average Bonchev–Trinajstić information content (AvgIpc) is 2.75. The molecule has 0 heterocycles. The van der Waals surface area contributed by atoms with E-state index in [1.165, 1.54) is 55.8 Å². The predicted octanol–water partition coefficient (Wildman–Crippen LogP) is -0.967. The van der Waals surface area contributed by atoms with Crippen LogP contribution < -0.4 is 28.1 Å². The molecule has 0 radical (unpaired) electrons. The fourth-order valence-corrected chi connectivity index (χ4v) is 4.10. The Morgan fingerprint density at radius 2 is 1.29 bits per heavy atom. The van der Waals surface area contributed by atoms with Crippen molar-refractivity contribution in [1.82, 2.24) is 0 Å². The minimum absolute atomic E-state index is 0. The molecule has 1 aliphatic carbocycles. The van der Waals surface area contributed by atoms with Gasteiger partial charge in [0.15, 0.2) is 0 Å². The van der Waals surface area contributed by atoms with Gasteiger partial charge in [-0.15, -0.1) is 0 Å². The summed E-state index contributed by atoms with van der Waals surface area (Å²) in [6.07, 6.45) is 1.11. The molecule has 3 heteroatoms. The molecule has 0 unspecified atom stereocenters. The van der Waals surface area contributed by atoms with Crippen LogP contribution in [-0.2, 0) is 42.0 Å². The van der Waals surface area contributed by atoms with Gasteiger partial charge in [-0.2, -0.15) is 0 Å². The quantitative estimate of drug-likeness (QED) is 0.423. The summed E-state index contributed by atoms with van der Waals surface area (Å²) in [6, 6.07) is 12.0.